The van der Waals surface area contributed by atoms with Gasteiger partial charge in [0, 0.05) is 16.7 Å². The highest BCUT2D eigenvalue weighted by Gasteiger charge is 2.23. The maximum absolute atomic E-state index is 11.9. The van der Waals surface area contributed by atoms with Crippen molar-refractivity contribution in [1.82, 2.24) is 14.8 Å². The van der Waals surface area contributed by atoms with Gasteiger partial charge in [0.25, 0.3) is 0 Å². The lowest BCUT2D eigenvalue weighted by atomic mass is 9.98. The summed E-state index contributed by atoms with van der Waals surface area (Å²) in [6.45, 7) is 5.34. The minimum atomic E-state index is -0.583. The van der Waals surface area contributed by atoms with Gasteiger partial charge in [-0.2, -0.15) is 0 Å². The number of rotatable bonds is 5. The Kier molecular flexibility index (Phi) is 5.61. The number of carbonyl (C=O) groups excluding carboxylic acids is 2. The minimum Gasteiger partial charge on any atom is -0.442 e. The first-order valence-electron chi connectivity index (χ1n) is 8.71. The van der Waals surface area contributed by atoms with Crippen molar-refractivity contribution < 1.29 is 14.3 Å². The van der Waals surface area contributed by atoms with E-state index in [2.05, 4.69) is 10.1 Å². The highest BCUT2D eigenvalue weighted by Crippen LogP contribution is 2.35. The van der Waals surface area contributed by atoms with Gasteiger partial charge >= 0.3 is 5.97 Å². The number of benzene rings is 2. The number of aromatic nitrogens is 3. The van der Waals surface area contributed by atoms with Crippen LogP contribution in [0.5, 0.6) is 0 Å². The van der Waals surface area contributed by atoms with Crippen LogP contribution in [0.3, 0.4) is 0 Å². The minimum absolute atomic E-state index is 0.0203. The predicted octanol–water partition coefficient (Wildman–Crippen LogP) is 4.62. The molecule has 2 aromatic carbocycles. The lowest BCUT2D eigenvalue weighted by molar-refractivity contribution is -0.157. The van der Waals surface area contributed by atoms with Crippen LogP contribution in [0.15, 0.2) is 48.8 Å². The molecule has 0 saturated heterocycles. The summed E-state index contributed by atoms with van der Waals surface area (Å²) in [6.07, 6.45) is 2.29. The standard InChI is InChI=1S/C21H20ClN3O3/c1-21(2,3)20(27)28-13-25-12-23-19(24-25)17-6-4-5-16(18(17)22)15-9-7-14(11-26)8-10-15/h4-12H,13H2,1-3H3. The van der Waals surface area contributed by atoms with Gasteiger partial charge in [0.05, 0.1) is 10.4 Å². The molecule has 1 aromatic heterocycles. The van der Waals surface area contributed by atoms with Gasteiger partial charge in [0.15, 0.2) is 12.6 Å². The van der Waals surface area contributed by atoms with Crippen LogP contribution in [0.25, 0.3) is 22.5 Å². The maximum Gasteiger partial charge on any atom is 0.313 e. The number of halogens is 1. The smallest absolute Gasteiger partial charge is 0.313 e. The molecule has 0 fully saturated rings. The largest absolute Gasteiger partial charge is 0.442 e. The fourth-order valence-corrected chi connectivity index (χ4v) is 2.81. The van der Waals surface area contributed by atoms with E-state index in [9.17, 15) is 9.59 Å². The monoisotopic (exact) mass is 397 g/mol. The number of nitrogens with zero attached hydrogens (tertiary/aromatic N) is 3. The van der Waals surface area contributed by atoms with E-state index in [1.165, 1.54) is 11.0 Å². The maximum atomic E-state index is 11.9. The van der Waals surface area contributed by atoms with E-state index < -0.39 is 5.41 Å². The SMILES string of the molecule is CC(C)(C)C(=O)OCn1cnc(-c2cccc(-c3ccc(C=O)cc3)c2Cl)n1. The molecule has 28 heavy (non-hydrogen) atoms. The van der Waals surface area contributed by atoms with E-state index in [1.807, 2.05) is 30.3 Å². The summed E-state index contributed by atoms with van der Waals surface area (Å²) in [6, 6.07) is 12.7. The molecule has 144 valence electrons. The Bertz CT molecular complexity index is 1000. The average Bonchev–Trinajstić information content (AvgIpc) is 3.14. The normalized spacial score (nSPS) is 11.3. The van der Waals surface area contributed by atoms with Gasteiger partial charge in [0.2, 0.25) is 0 Å². The number of aldehydes is 1. The summed E-state index contributed by atoms with van der Waals surface area (Å²) in [7, 11) is 0. The molecule has 0 saturated carbocycles. The zero-order valence-electron chi connectivity index (χ0n) is 15.8. The molecule has 0 radical (unpaired) electrons. The first-order chi connectivity index (χ1) is 13.3. The van der Waals surface area contributed by atoms with Gasteiger partial charge in [-0.05, 0) is 32.4 Å². The molecule has 0 aliphatic heterocycles. The van der Waals surface area contributed by atoms with E-state index in [0.29, 0.717) is 22.0 Å². The van der Waals surface area contributed by atoms with Gasteiger partial charge in [-0.3, -0.25) is 9.59 Å². The molecule has 0 bridgehead atoms. The third kappa shape index (κ3) is 4.28. The fourth-order valence-electron chi connectivity index (χ4n) is 2.49. The Hall–Kier alpha value is -2.99. The Morgan fingerprint density at radius 1 is 1.14 bits per heavy atom. The van der Waals surface area contributed by atoms with Crippen LogP contribution < -0.4 is 0 Å². The third-order valence-corrected chi connectivity index (χ3v) is 4.48. The topological polar surface area (TPSA) is 74.1 Å². The van der Waals surface area contributed by atoms with Gasteiger partial charge in [-0.1, -0.05) is 48.0 Å². The third-order valence-electron chi connectivity index (χ3n) is 4.07. The molecule has 0 unspecified atom stereocenters. The lowest BCUT2D eigenvalue weighted by Gasteiger charge is -2.16. The van der Waals surface area contributed by atoms with E-state index in [4.69, 9.17) is 16.3 Å². The van der Waals surface area contributed by atoms with Gasteiger partial charge in [0.1, 0.15) is 12.6 Å². The molecule has 3 aromatic rings. The number of carbonyl (C=O) groups is 2. The molecular weight excluding hydrogens is 378 g/mol. The predicted molar refractivity (Wildman–Crippen MR) is 107 cm³/mol. The van der Waals surface area contributed by atoms with Crippen LogP contribution >= 0.6 is 11.6 Å². The Labute approximate surface area is 168 Å². The fraction of sp³-hybridized carbons (Fsp3) is 0.238. The Balaban J connectivity index is 1.84. The van der Waals surface area contributed by atoms with Gasteiger partial charge in [-0.25, -0.2) is 9.67 Å². The zero-order chi connectivity index (χ0) is 20.3. The molecule has 0 amide bonds. The molecule has 1 heterocycles. The van der Waals surface area contributed by atoms with Crippen molar-refractivity contribution in [3.05, 3.63) is 59.4 Å². The quantitative estimate of drug-likeness (QED) is 0.463. The summed E-state index contributed by atoms with van der Waals surface area (Å²) in [4.78, 5) is 27.0. The summed E-state index contributed by atoms with van der Waals surface area (Å²) in [5, 5.41) is 4.86. The van der Waals surface area contributed by atoms with E-state index in [-0.39, 0.29) is 12.7 Å². The van der Waals surface area contributed by atoms with E-state index in [0.717, 1.165) is 17.4 Å². The second-order valence-electron chi connectivity index (χ2n) is 7.33. The van der Waals surface area contributed by atoms with Crippen LogP contribution in [-0.4, -0.2) is 27.0 Å². The molecule has 0 aliphatic carbocycles. The first kappa shape index (κ1) is 19.8. The molecule has 7 heteroatoms. The summed E-state index contributed by atoms with van der Waals surface area (Å²) in [5.41, 5.74) is 2.38. The second-order valence-corrected chi connectivity index (χ2v) is 7.70. The summed E-state index contributed by atoms with van der Waals surface area (Å²) >= 11 is 6.60. The van der Waals surface area contributed by atoms with Crippen LogP contribution in [-0.2, 0) is 16.3 Å². The van der Waals surface area contributed by atoms with Crippen molar-refractivity contribution in [2.24, 2.45) is 5.41 Å². The number of esters is 1. The first-order valence-corrected chi connectivity index (χ1v) is 9.08. The summed E-state index contributed by atoms with van der Waals surface area (Å²) in [5.74, 6) is 0.117. The molecule has 0 atom stereocenters. The van der Waals surface area contributed by atoms with Crippen LogP contribution in [0.4, 0.5) is 0 Å². The summed E-state index contributed by atoms with van der Waals surface area (Å²) < 4.78 is 6.69. The van der Waals surface area contributed by atoms with E-state index in [1.54, 1.807) is 32.9 Å². The van der Waals surface area contributed by atoms with Crippen LogP contribution in [0.1, 0.15) is 31.1 Å². The van der Waals surface area contributed by atoms with Gasteiger partial charge < -0.3 is 4.74 Å². The highest BCUT2D eigenvalue weighted by atomic mass is 35.5. The van der Waals surface area contributed by atoms with Crippen molar-refractivity contribution in [2.45, 2.75) is 27.5 Å². The average molecular weight is 398 g/mol. The second kappa shape index (κ2) is 7.94. The number of hydrogen-bond acceptors (Lipinski definition) is 5. The van der Waals surface area contributed by atoms with E-state index >= 15 is 0 Å². The van der Waals surface area contributed by atoms with Crippen LogP contribution in [0.2, 0.25) is 5.02 Å². The molecular formula is C21H20ClN3O3. The van der Waals surface area contributed by atoms with Crippen molar-refractivity contribution >= 4 is 23.9 Å². The van der Waals surface area contributed by atoms with Crippen molar-refractivity contribution in [3.8, 4) is 22.5 Å². The number of ether oxygens (including phenoxy) is 1. The molecule has 0 N–H and O–H groups in total. The highest BCUT2D eigenvalue weighted by molar-refractivity contribution is 6.36. The zero-order valence-corrected chi connectivity index (χ0v) is 16.6. The molecule has 3 rings (SSSR count). The van der Waals surface area contributed by atoms with Gasteiger partial charge in [-0.15, -0.1) is 5.10 Å². The van der Waals surface area contributed by atoms with Crippen molar-refractivity contribution in [3.63, 3.8) is 0 Å². The molecule has 0 spiro atoms. The number of hydrogen-bond donors (Lipinski definition) is 0. The van der Waals surface area contributed by atoms with Crippen LogP contribution in [0, 0.1) is 5.41 Å². The van der Waals surface area contributed by atoms with Crippen molar-refractivity contribution in [1.29, 1.82) is 0 Å². The lowest BCUT2D eigenvalue weighted by Crippen LogP contribution is -2.24. The Morgan fingerprint density at radius 2 is 1.82 bits per heavy atom. The molecule has 6 nitrogen and oxygen atoms in total. The van der Waals surface area contributed by atoms with Crippen molar-refractivity contribution in [2.75, 3.05) is 0 Å². The Morgan fingerprint density at radius 3 is 2.46 bits per heavy atom. The molecule has 0 aliphatic rings.